The number of hydrogen-bond donors (Lipinski definition) is 1. The Balaban J connectivity index is 1.58. The number of halogens is 2. The van der Waals surface area contributed by atoms with Crippen LogP contribution in [-0.4, -0.2) is 59.5 Å². The van der Waals surface area contributed by atoms with E-state index in [1.165, 1.54) is 6.07 Å². The Kier molecular flexibility index (Phi) is 5.55. The van der Waals surface area contributed by atoms with E-state index in [0.29, 0.717) is 19.5 Å². The molecule has 26 heavy (non-hydrogen) atoms. The van der Waals surface area contributed by atoms with Gasteiger partial charge in [-0.05, 0) is 50.3 Å². The van der Waals surface area contributed by atoms with E-state index in [0.717, 1.165) is 25.3 Å². The lowest BCUT2D eigenvalue weighted by atomic mass is 10.1. The Labute approximate surface area is 151 Å². The first-order chi connectivity index (χ1) is 12.4. The van der Waals surface area contributed by atoms with Gasteiger partial charge in [-0.1, -0.05) is 12.1 Å². The molecule has 0 bridgehead atoms. The molecule has 1 N–H and O–H groups in total. The molecular weight excluding hydrogens is 342 g/mol. The molecule has 1 aromatic rings. The largest absolute Gasteiger partial charge is 0.480 e. The minimum absolute atomic E-state index is 0.000184. The molecule has 1 aliphatic heterocycles. The molecule has 1 amide bonds. The van der Waals surface area contributed by atoms with Crippen LogP contribution in [0.25, 0.3) is 0 Å². The Bertz CT molecular complexity index is 697. The number of carbonyl (C=O) groups excluding carboxylic acids is 1. The Morgan fingerprint density at radius 3 is 2.77 bits per heavy atom. The van der Waals surface area contributed by atoms with Crippen LogP contribution in [-0.2, 0) is 9.59 Å². The van der Waals surface area contributed by atoms with E-state index in [-0.39, 0.29) is 35.9 Å². The van der Waals surface area contributed by atoms with Crippen LogP contribution >= 0.6 is 0 Å². The molecule has 3 atom stereocenters. The summed E-state index contributed by atoms with van der Waals surface area (Å²) in [5, 5.41) is 8.92. The molecule has 7 heteroatoms. The smallest absolute Gasteiger partial charge is 0.317 e. The molecule has 3 rings (SSSR count). The van der Waals surface area contributed by atoms with Gasteiger partial charge in [0.15, 0.2) is 11.6 Å². The van der Waals surface area contributed by atoms with Crippen LogP contribution < -0.4 is 0 Å². The molecule has 1 saturated heterocycles. The number of likely N-dealkylation sites (N-methyl/N-ethyl adjacent to an activating group) is 1. The van der Waals surface area contributed by atoms with Crippen LogP contribution in [0.5, 0.6) is 0 Å². The molecule has 0 aromatic heterocycles. The number of likely N-dealkylation sites (tertiary alicyclic amines) is 1. The summed E-state index contributed by atoms with van der Waals surface area (Å²) in [6.45, 7) is 1.19. The summed E-state index contributed by atoms with van der Waals surface area (Å²) < 4.78 is 27.3. The predicted octanol–water partition coefficient (Wildman–Crippen LogP) is 2.47. The number of nitrogens with zero attached hydrogens (tertiary/aromatic N) is 2. The Morgan fingerprint density at radius 1 is 1.27 bits per heavy atom. The highest BCUT2D eigenvalue weighted by Crippen LogP contribution is 2.49. The van der Waals surface area contributed by atoms with E-state index in [1.807, 2.05) is 4.90 Å². The van der Waals surface area contributed by atoms with Gasteiger partial charge in [0, 0.05) is 25.0 Å². The summed E-state index contributed by atoms with van der Waals surface area (Å²) in [5.41, 5.74) is 0.289. The van der Waals surface area contributed by atoms with Crippen molar-refractivity contribution in [1.29, 1.82) is 0 Å². The van der Waals surface area contributed by atoms with E-state index in [4.69, 9.17) is 5.11 Å². The molecule has 1 aliphatic carbocycles. The summed E-state index contributed by atoms with van der Waals surface area (Å²) in [6.07, 6.45) is 2.94. The maximum atomic E-state index is 13.9. The number of aliphatic carboxylic acids is 1. The van der Waals surface area contributed by atoms with Crippen molar-refractivity contribution in [3.8, 4) is 0 Å². The summed E-state index contributed by atoms with van der Waals surface area (Å²) in [7, 11) is 1.79. The van der Waals surface area contributed by atoms with E-state index in [2.05, 4.69) is 0 Å². The lowest BCUT2D eigenvalue weighted by Crippen LogP contribution is -2.37. The molecular formula is C19H24F2N2O3. The number of rotatable bonds is 5. The van der Waals surface area contributed by atoms with Crippen molar-refractivity contribution in [2.45, 2.75) is 37.6 Å². The van der Waals surface area contributed by atoms with E-state index in [9.17, 15) is 18.4 Å². The Morgan fingerprint density at radius 2 is 2.04 bits per heavy atom. The quantitative estimate of drug-likeness (QED) is 0.870. The zero-order valence-corrected chi connectivity index (χ0v) is 14.8. The van der Waals surface area contributed by atoms with Crippen molar-refractivity contribution in [2.75, 3.05) is 26.7 Å². The molecule has 2 fully saturated rings. The molecule has 142 valence electrons. The predicted molar refractivity (Wildman–Crippen MR) is 91.7 cm³/mol. The molecule has 2 aliphatic rings. The number of amides is 1. The van der Waals surface area contributed by atoms with E-state index < -0.39 is 17.6 Å². The molecule has 1 saturated carbocycles. The van der Waals surface area contributed by atoms with Gasteiger partial charge >= 0.3 is 5.97 Å². The first kappa shape index (κ1) is 18.8. The second kappa shape index (κ2) is 7.70. The first-order valence-electron chi connectivity index (χ1n) is 9.03. The second-order valence-electron chi connectivity index (χ2n) is 7.31. The fraction of sp³-hybridized carbons (Fsp3) is 0.579. The van der Waals surface area contributed by atoms with Crippen LogP contribution in [0.15, 0.2) is 18.2 Å². The monoisotopic (exact) mass is 366 g/mol. The average Bonchev–Trinajstić information content (AvgIpc) is 3.39. The third-order valence-corrected chi connectivity index (χ3v) is 5.51. The fourth-order valence-corrected chi connectivity index (χ4v) is 3.94. The highest BCUT2D eigenvalue weighted by molar-refractivity contribution is 5.83. The van der Waals surface area contributed by atoms with Crippen molar-refractivity contribution in [3.63, 3.8) is 0 Å². The molecule has 3 unspecified atom stereocenters. The molecule has 1 aromatic carbocycles. The summed E-state index contributed by atoms with van der Waals surface area (Å²) >= 11 is 0. The van der Waals surface area contributed by atoms with Gasteiger partial charge in [-0.15, -0.1) is 0 Å². The van der Waals surface area contributed by atoms with Crippen LogP contribution in [0, 0.1) is 17.6 Å². The van der Waals surface area contributed by atoms with Gasteiger partial charge in [0.1, 0.15) is 0 Å². The van der Waals surface area contributed by atoms with Gasteiger partial charge < -0.3 is 10.0 Å². The number of benzene rings is 1. The standard InChI is InChI=1S/C19H24F2N2O3/c1-22(11-17(24)25)12-4-3-8-23(9-7-12)19(26)15-10-14(15)13-5-2-6-16(20)18(13)21/h2,5-6,12,14-15H,3-4,7-11H2,1H3,(H,24,25). The summed E-state index contributed by atoms with van der Waals surface area (Å²) in [4.78, 5) is 27.2. The summed E-state index contributed by atoms with van der Waals surface area (Å²) in [6, 6.07) is 4.25. The third-order valence-electron chi connectivity index (χ3n) is 5.51. The second-order valence-corrected chi connectivity index (χ2v) is 7.31. The number of carboxylic acids is 1. The molecule has 5 nitrogen and oxygen atoms in total. The topological polar surface area (TPSA) is 60.9 Å². The minimum atomic E-state index is -0.875. The van der Waals surface area contributed by atoms with Gasteiger partial charge in [0.05, 0.1) is 6.54 Å². The lowest BCUT2D eigenvalue weighted by molar-refractivity contribution is -0.138. The number of hydrogen-bond acceptors (Lipinski definition) is 3. The maximum Gasteiger partial charge on any atom is 0.317 e. The molecule has 0 spiro atoms. The minimum Gasteiger partial charge on any atom is -0.480 e. The van der Waals surface area contributed by atoms with Crippen LogP contribution in [0.4, 0.5) is 8.78 Å². The fourth-order valence-electron chi connectivity index (χ4n) is 3.94. The van der Waals surface area contributed by atoms with Gasteiger partial charge in [0.25, 0.3) is 0 Å². The summed E-state index contributed by atoms with van der Waals surface area (Å²) in [5.74, 6) is -3.10. The maximum absolute atomic E-state index is 13.9. The van der Waals surface area contributed by atoms with E-state index in [1.54, 1.807) is 18.0 Å². The van der Waals surface area contributed by atoms with Crippen LogP contribution in [0.3, 0.4) is 0 Å². The Hall–Kier alpha value is -2.02. The third kappa shape index (κ3) is 4.03. The van der Waals surface area contributed by atoms with Gasteiger partial charge in [0.2, 0.25) is 5.91 Å². The van der Waals surface area contributed by atoms with Crippen LogP contribution in [0.2, 0.25) is 0 Å². The zero-order chi connectivity index (χ0) is 18.8. The molecule has 1 heterocycles. The zero-order valence-electron chi connectivity index (χ0n) is 14.8. The highest BCUT2D eigenvalue weighted by Gasteiger charge is 2.47. The van der Waals surface area contributed by atoms with Gasteiger partial charge in [-0.3, -0.25) is 14.5 Å². The van der Waals surface area contributed by atoms with E-state index >= 15 is 0 Å². The molecule has 0 radical (unpaired) electrons. The van der Waals surface area contributed by atoms with Crippen molar-refractivity contribution in [3.05, 3.63) is 35.4 Å². The van der Waals surface area contributed by atoms with Crippen LogP contribution in [0.1, 0.15) is 37.2 Å². The van der Waals surface area contributed by atoms with Crippen molar-refractivity contribution in [1.82, 2.24) is 9.80 Å². The lowest BCUT2D eigenvalue weighted by Gasteiger charge is -2.25. The van der Waals surface area contributed by atoms with Gasteiger partial charge in [-0.25, -0.2) is 8.78 Å². The SMILES string of the molecule is CN(CC(=O)O)C1CCCN(C(=O)C2CC2c2cccc(F)c2F)CC1. The number of carbonyl (C=O) groups is 2. The van der Waals surface area contributed by atoms with Crippen molar-refractivity contribution in [2.24, 2.45) is 5.92 Å². The van der Waals surface area contributed by atoms with Crippen molar-refractivity contribution < 1.29 is 23.5 Å². The first-order valence-corrected chi connectivity index (χ1v) is 9.03. The van der Waals surface area contributed by atoms with Gasteiger partial charge in [-0.2, -0.15) is 0 Å². The normalized spacial score (nSPS) is 25.8. The highest BCUT2D eigenvalue weighted by atomic mass is 19.2. The number of carboxylic acid groups (broad SMARTS) is 1. The van der Waals surface area contributed by atoms with Crippen molar-refractivity contribution >= 4 is 11.9 Å². The average molecular weight is 366 g/mol.